The van der Waals surface area contributed by atoms with Crippen LogP contribution >= 0.6 is 11.6 Å². The summed E-state index contributed by atoms with van der Waals surface area (Å²) < 4.78 is 1.48. The highest BCUT2D eigenvalue weighted by Gasteiger charge is 2.21. The molecule has 0 bridgehead atoms. The van der Waals surface area contributed by atoms with Gasteiger partial charge in [0.05, 0.1) is 7.05 Å². The van der Waals surface area contributed by atoms with Crippen LogP contribution in [0.25, 0.3) is 5.03 Å². The average Bonchev–Trinajstić information content (AvgIpc) is 2.89. The van der Waals surface area contributed by atoms with Crippen molar-refractivity contribution in [2.75, 3.05) is 0 Å². The third-order valence-electron chi connectivity index (χ3n) is 4.61. The SMILES string of the molecule is Cn1c([N+](=O)[O-])cnc1C(Cl)=C1CCCCCCCCCCC1. The summed E-state index contributed by atoms with van der Waals surface area (Å²) in [5.41, 5.74) is 1.20. The van der Waals surface area contributed by atoms with E-state index < -0.39 is 4.92 Å². The number of rotatable bonds is 2. The van der Waals surface area contributed by atoms with Crippen molar-refractivity contribution in [1.29, 1.82) is 0 Å². The van der Waals surface area contributed by atoms with Crippen LogP contribution in [-0.2, 0) is 7.05 Å². The topological polar surface area (TPSA) is 61.0 Å². The molecule has 5 nitrogen and oxygen atoms in total. The predicted molar refractivity (Wildman–Crippen MR) is 93.4 cm³/mol. The minimum absolute atomic E-state index is 0.0214. The van der Waals surface area contributed by atoms with Crippen LogP contribution in [0.15, 0.2) is 11.8 Å². The Bertz CT molecular complexity index is 552. The molecule has 6 heteroatoms. The Kier molecular flexibility index (Phi) is 7.09. The molecule has 0 saturated heterocycles. The highest BCUT2D eigenvalue weighted by atomic mass is 35.5. The molecule has 2 rings (SSSR count). The van der Waals surface area contributed by atoms with E-state index in [1.54, 1.807) is 7.05 Å². The van der Waals surface area contributed by atoms with Crippen LogP contribution < -0.4 is 0 Å². The number of imidazole rings is 1. The molecule has 128 valence electrons. The van der Waals surface area contributed by atoms with Crippen LogP contribution in [0.5, 0.6) is 0 Å². The molecule has 1 fully saturated rings. The molecule has 0 N–H and O–H groups in total. The maximum atomic E-state index is 11.0. The Balaban J connectivity index is 2.17. The lowest BCUT2D eigenvalue weighted by Gasteiger charge is -2.12. The molecule has 1 aliphatic rings. The summed E-state index contributed by atoms with van der Waals surface area (Å²) in [4.78, 5) is 14.7. The lowest BCUT2D eigenvalue weighted by molar-refractivity contribution is -0.391. The van der Waals surface area contributed by atoms with Crippen molar-refractivity contribution in [1.82, 2.24) is 9.55 Å². The van der Waals surface area contributed by atoms with E-state index in [4.69, 9.17) is 11.6 Å². The Hall–Kier alpha value is -1.36. The molecule has 0 radical (unpaired) electrons. The van der Waals surface area contributed by atoms with E-state index in [1.165, 1.54) is 61.3 Å². The molecule has 1 aliphatic carbocycles. The van der Waals surface area contributed by atoms with Gasteiger partial charge in [-0.15, -0.1) is 0 Å². The van der Waals surface area contributed by atoms with Gasteiger partial charge in [-0.2, -0.15) is 0 Å². The Morgan fingerprint density at radius 2 is 1.57 bits per heavy atom. The second kappa shape index (κ2) is 9.06. The third-order valence-corrected chi connectivity index (χ3v) is 5.05. The Morgan fingerprint density at radius 1 is 1.09 bits per heavy atom. The van der Waals surface area contributed by atoms with Gasteiger partial charge in [0.15, 0.2) is 0 Å². The summed E-state index contributed by atoms with van der Waals surface area (Å²) in [6.45, 7) is 0. The van der Waals surface area contributed by atoms with Gasteiger partial charge in [0, 0.05) is 0 Å². The second-order valence-electron chi connectivity index (χ2n) is 6.36. The van der Waals surface area contributed by atoms with Crippen LogP contribution in [-0.4, -0.2) is 14.5 Å². The first-order chi connectivity index (χ1) is 11.1. The monoisotopic (exact) mass is 339 g/mol. The lowest BCUT2D eigenvalue weighted by atomic mass is 9.97. The Labute approximate surface area is 142 Å². The molecule has 0 amide bonds. The van der Waals surface area contributed by atoms with Gasteiger partial charge in [0.1, 0.15) is 11.2 Å². The highest BCUT2D eigenvalue weighted by Crippen LogP contribution is 2.31. The summed E-state index contributed by atoms with van der Waals surface area (Å²) in [5, 5.41) is 11.6. The van der Waals surface area contributed by atoms with E-state index in [-0.39, 0.29) is 5.82 Å². The minimum atomic E-state index is -0.424. The van der Waals surface area contributed by atoms with Crippen LogP contribution in [0, 0.1) is 10.1 Å². The molecule has 0 aromatic carbocycles. The van der Waals surface area contributed by atoms with Crippen molar-refractivity contribution < 1.29 is 4.92 Å². The maximum Gasteiger partial charge on any atom is 0.342 e. The van der Waals surface area contributed by atoms with Gasteiger partial charge >= 0.3 is 5.82 Å². The van der Waals surface area contributed by atoms with Crippen molar-refractivity contribution in [2.45, 2.75) is 70.6 Å². The fourth-order valence-corrected chi connectivity index (χ4v) is 3.56. The minimum Gasteiger partial charge on any atom is -0.358 e. The first-order valence-corrected chi connectivity index (χ1v) is 9.03. The zero-order chi connectivity index (χ0) is 16.7. The van der Waals surface area contributed by atoms with E-state index in [0.29, 0.717) is 10.9 Å². The molecule has 1 saturated carbocycles. The van der Waals surface area contributed by atoms with Gasteiger partial charge in [-0.25, -0.2) is 9.55 Å². The van der Waals surface area contributed by atoms with Crippen molar-refractivity contribution in [2.24, 2.45) is 7.05 Å². The number of aromatic nitrogens is 2. The molecular formula is C17H26ClN3O2. The quantitative estimate of drug-likeness (QED) is 0.521. The molecule has 1 aromatic rings. The zero-order valence-corrected chi connectivity index (χ0v) is 14.6. The lowest BCUT2D eigenvalue weighted by Crippen LogP contribution is -2.02. The van der Waals surface area contributed by atoms with Crippen molar-refractivity contribution >= 4 is 22.5 Å². The number of allylic oxidation sites excluding steroid dienone is 1. The van der Waals surface area contributed by atoms with Crippen molar-refractivity contribution in [3.05, 3.63) is 27.7 Å². The highest BCUT2D eigenvalue weighted by molar-refractivity contribution is 6.48. The summed E-state index contributed by atoms with van der Waals surface area (Å²) in [6.07, 6.45) is 14.6. The molecule has 0 aliphatic heterocycles. The van der Waals surface area contributed by atoms with E-state index in [9.17, 15) is 10.1 Å². The van der Waals surface area contributed by atoms with Gasteiger partial charge in [-0.05, 0) is 36.2 Å². The van der Waals surface area contributed by atoms with E-state index in [1.807, 2.05) is 0 Å². The van der Waals surface area contributed by atoms with Gasteiger partial charge < -0.3 is 10.1 Å². The second-order valence-corrected chi connectivity index (χ2v) is 6.73. The molecule has 0 atom stereocenters. The summed E-state index contributed by atoms with van der Waals surface area (Å²) in [7, 11) is 1.65. The van der Waals surface area contributed by atoms with Crippen LogP contribution in [0.2, 0.25) is 0 Å². The number of nitro groups is 1. The predicted octanol–water partition coefficient (Wildman–Crippen LogP) is 5.58. The summed E-state index contributed by atoms with van der Waals surface area (Å²) in [6, 6.07) is 0. The molecule has 1 heterocycles. The number of nitrogens with zero attached hydrogens (tertiary/aromatic N) is 3. The van der Waals surface area contributed by atoms with Crippen LogP contribution in [0.3, 0.4) is 0 Å². The first kappa shape index (κ1) is 18.0. The summed E-state index contributed by atoms with van der Waals surface area (Å²) in [5.74, 6) is 0.493. The normalized spacial score (nSPS) is 18.1. The Morgan fingerprint density at radius 3 is 2.00 bits per heavy atom. The molecule has 0 spiro atoms. The third kappa shape index (κ3) is 5.06. The molecular weight excluding hydrogens is 314 g/mol. The number of hydrogen-bond acceptors (Lipinski definition) is 3. The fourth-order valence-electron chi connectivity index (χ4n) is 3.19. The van der Waals surface area contributed by atoms with E-state index in [0.717, 1.165) is 25.7 Å². The first-order valence-electron chi connectivity index (χ1n) is 8.65. The van der Waals surface area contributed by atoms with Gasteiger partial charge in [-0.3, -0.25) is 0 Å². The smallest absolute Gasteiger partial charge is 0.342 e. The molecule has 23 heavy (non-hydrogen) atoms. The maximum absolute atomic E-state index is 11.0. The average molecular weight is 340 g/mol. The molecule has 1 aromatic heterocycles. The van der Waals surface area contributed by atoms with Crippen LogP contribution in [0.4, 0.5) is 5.82 Å². The van der Waals surface area contributed by atoms with Crippen molar-refractivity contribution in [3.8, 4) is 0 Å². The number of hydrogen-bond donors (Lipinski definition) is 0. The molecule has 0 unspecified atom stereocenters. The van der Waals surface area contributed by atoms with E-state index in [2.05, 4.69) is 4.98 Å². The van der Waals surface area contributed by atoms with E-state index >= 15 is 0 Å². The summed E-state index contributed by atoms with van der Waals surface area (Å²) >= 11 is 6.57. The van der Waals surface area contributed by atoms with Gasteiger partial charge in [0.25, 0.3) is 0 Å². The zero-order valence-electron chi connectivity index (χ0n) is 13.9. The van der Waals surface area contributed by atoms with Gasteiger partial charge in [0.2, 0.25) is 5.82 Å². The number of halogens is 1. The fraction of sp³-hybridized carbons (Fsp3) is 0.706. The standard InChI is InChI=1S/C17H26ClN3O2/c1-20-15(21(22)23)13-19-17(20)16(18)14-11-9-7-5-3-2-4-6-8-10-12-14/h13H,2-12H2,1H3. The largest absolute Gasteiger partial charge is 0.358 e. The van der Waals surface area contributed by atoms with Crippen LogP contribution in [0.1, 0.15) is 76.5 Å². The van der Waals surface area contributed by atoms with Crippen molar-refractivity contribution in [3.63, 3.8) is 0 Å². The van der Waals surface area contributed by atoms with Gasteiger partial charge in [-0.1, -0.05) is 56.5 Å².